The molecule has 0 aromatic heterocycles. The molecule has 58 valence electrons. The van der Waals surface area contributed by atoms with Crippen molar-refractivity contribution in [3.05, 3.63) is 23.4 Å². The zero-order valence-electron chi connectivity index (χ0n) is 6.03. The summed E-state index contributed by atoms with van der Waals surface area (Å²) in [6.45, 7) is 0. The number of halogens is 1. The van der Waals surface area contributed by atoms with E-state index in [9.17, 15) is 0 Å². The van der Waals surface area contributed by atoms with Crippen LogP contribution in [0.25, 0.3) is 0 Å². The van der Waals surface area contributed by atoms with Crippen LogP contribution in [0.2, 0.25) is 0 Å². The number of hydrogen-bond donors (Lipinski definition) is 0. The van der Waals surface area contributed by atoms with Crippen LogP contribution >= 0.6 is 11.6 Å². The lowest BCUT2D eigenvalue weighted by molar-refractivity contribution is 1.18. The summed E-state index contributed by atoms with van der Waals surface area (Å²) in [6, 6.07) is 1.99. The number of hydrogen-bond acceptors (Lipinski definition) is 3. The molecule has 12 heavy (non-hydrogen) atoms. The zero-order chi connectivity index (χ0) is 8.55. The van der Waals surface area contributed by atoms with Gasteiger partial charge in [-0.1, -0.05) is 0 Å². The first kappa shape index (κ1) is 7.26. The van der Waals surface area contributed by atoms with Crippen molar-refractivity contribution >= 4 is 23.7 Å². The Morgan fingerprint density at radius 1 is 1.58 bits per heavy atom. The van der Waals surface area contributed by atoms with E-state index in [0.29, 0.717) is 11.4 Å². The quantitative estimate of drug-likeness (QED) is 0.517. The van der Waals surface area contributed by atoms with Crippen molar-refractivity contribution in [2.75, 3.05) is 0 Å². The Balaban J connectivity index is 2.47. The van der Waals surface area contributed by atoms with E-state index in [2.05, 4.69) is 9.98 Å². The van der Waals surface area contributed by atoms with E-state index in [-0.39, 0.29) is 5.38 Å². The minimum Gasteiger partial charge on any atom is -0.237 e. The van der Waals surface area contributed by atoms with Crippen LogP contribution in [0.15, 0.2) is 33.4 Å². The molecule has 0 N–H and O–H groups in total. The first-order valence-electron chi connectivity index (χ1n) is 3.39. The summed E-state index contributed by atoms with van der Waals surface area (Å²) in [4.78, 5) is 7.95. The summed E-state index contributed by atoms with van der Waals surface area (Å²) >= 11 is 5.96. The Morgan fingerprint density at radius 3 is 3.17 bits per heavy atom. The minimum absolute atomic E-state index is 0.384. The van der Waals surface area contributed by atoms with Gasteiger partial charge in [-0.2, -0.15) is 5.26 Å². The third-order valence-corrected chi connectivity index (χ3v) is 2.18. The van der Waals surface area contributed by atoms with Gasteiger partial charge in [-0.15, -0.1) is 11.6 Å². The van der Waals surface area contributed by atoms with Gasteiger partial charge in [0, 0.05) is 18.0 Å². The molecule has 3 nitrogen and oxygen atoms in total. The molecule has 0 saturated heterocycles. The van der Waals surface area contributed by atoms with E-state index in [1.165, 1.54) is 6.20 Å². The van der Waals surface area contributed by atoms with Crippen LogP contribution in [0.3, 0.4) is 0 Å². The molecule has 0 bridgehead atoms. The van der Waals surface area contributed by atoms with E-state index in [4.69, 9.17) is 16.9 Å². The van der Waals surface area contributed by atoms with Crippen LogP contribution in [-0.4, -0.2) is 17.4 Å². The fraction of sp³-hybridized carbons (Fsp3) is 0.125. The molecule has 4 heteroatoms. The van der Waals surface area contributed by atoms with Crippen LogP contribution in [0.5, 0.6) is 0 Å². The third-order valence-electron chi connectivity index (χ3n) is 1.71. The maximum absolute atomic E-state index is 8.64. The van der Waals surface area contributed by atoms with Gasteiger partial charge in [0.15, 0.2) is 5.84 Å². The monoisotopic (exact) mass is 177 g/mol. The molecule has 0 amide bonds. The molecule has 0 aromatic carbocycles. The van der Waals surface area contributed by atoms with E-state index in [1.54, 1.807) is 12.3 Å². The van der Waals surface area contributed by atoms with Crippen molar-refractivity contribution < 1.29 is 0 Å². The number of fused-ring (bicyclic) bond motifs is 1. The van der Waals surface area contributed by atoms with Crippen molar-refractivity contribution in [1.29, 1.82) is 5.26 Å². The molecule has 0 spiro atoms. The van der Waals surface area contributed by atoms with Crippen LogP contribution in [0.1, 0.15) is 0 Å². The van der Waals surface area contributed by atoms with Gasteiger partial charge in [0.1, 0.15) is 0 Å². The number of nitriles is 1. The lowest BCUT2D eigenvalue weighted by Gasteiger charge is -2.12. The van der Waals surface area contributed by atoms with Crippen LogP contribution < -0.4 is 0 Å². The van der Waals surface area contributed by atoms with Gasteiger partial charge in [0.2, 0.25) is 0 Å². The Bertz CT molecular complexity index is 382. The van der Waals surface area contributed by atoms with Crippen molar-refractivity contribution in [2.24, 2.45) is 9.98 Å². The van der Waals surface area contributed by atoms with Gasteiger partial charge in [-0.25, -0.2) is 9.98 Å². The highest BCUT2D eigenvalue weighted by molar-refractivity contribution is 6.30. The third kappa shape index (κ3) is 0.892. The lowest BCUT2D eigenvalue weighted by atomic mass is 10.0. The number of allylic oxidation sites excluding steroid dienone is 2. The first-order valence-corrected chi connectivity index (χ1v) is 3.83. The van der Waals surface area contributed by atoms with Crippen LogP contribution in [0, 0.1) is 11.3 Å². The lowest BCUT2D eigenvalue weighted by Crippen LogP contribution is -2.14. The maximum atomic E-state index is 8.64. The van der Waals surface area contributed by atoms with Crippen LogP contribution in [0.4, 0.5) is 0 Å². The summed E-state index contributed by atoms with van der Waals surface area (Å²) in [5.41, 5.74) is 1.29. The van der Waals surface area contributed by atoms with Crippen molar-refractivity contribution in [3.63, 3.8) is 0 Å². The minimum atomic E-state index is -0.384. The summed E-state index contributed by atoms with van der Waals surface area (Å²) in [5.74, 6) is 0.619. The molecule has 0 unspecified atom stereocenters. The molecule has 1 atom stereocenters. The molecule has 0 fully saturated rings. The summed E-state index contributed by atoms with van der Waals surface area (Å²) in [5, 5.41) is 8.26. The molecule has 2 rings (SSSR count). The number of aliphatic imine (C=N–C) groups is 2. The van der Waals surface area contributed by atoms with Crippen molar-refractivity contribution in [1.82, 2.24) is 0 Å². The number of alkyl halides is 1. The highest BCUT2D eigenvalue weighted by Crippen LogP contribution is 2.26. The molecule has 2 aliphatic rings. The van der Waals surface area contributed by atoms with Gasteiger partial charge >= 0.3 is 0 Å². The molecule has 0 radical (unpaired) electrons. The molecule has 0 saturated carbocycles. The summed E-state index contributed by atoms with van der Waals surface area (Å²) in [6.07, 6.45) is 4.88. The smallest absolute Gasteiger partial charge is 0.156 e. The van der Waals surface area contributed by atoms with Gasteiger partial charge in [0.05, 0.1) is 17.0 Å². The zero-order valence-corrected chi connectivity index (χ0v) is 6.78. The van der Waals surface area contributed by atoms with E-state index < -0.39 is 0 Å². The first-order chi connectivity index (χ1) is 5.83. The second kappa shape index (κ2) is 2.58. The summed E-state index contributed by atoms with van der Waals surface area (Å²) < 4.78 is 0. The van der Waals surface area contributed by atoms with E-state index in [0.717, 1.165) is 5.57 Å². The van der Waals surface area contributed by atoms with Gasteiger partial charge < -0.3 is 0 Å². The van der Waals surface area contributed by atoms with Crippen molar-refractivity contribution in [3.8, 4) is 6.07 Å². The number of rotatable bonds is 0. The van der Waals surface area contributed by atoms with E-state index >= 15 is 0 Å². The topological polar surface area (TPSA) is 48.5 Å². The highest BCUT2D eigenvalue weighted by Gasteiger charge is 2.25. The predicted octanol–water partition coefficient (Wildman–Crippen LogP) is 1.42. The molecule has 0 aromatic rings. The van der Waals surface area contributed by atoms with Gasteiger partial charge in [-0.05, 0) is 6.08 Å². The average molecular weight is 178 g/mol. The Labute approximate surface area is 74.4 Å². The van der Waals surface area contributed by atoms with E-state index in [1.807, 2.05) is 6.07 Å². The van der Waals surface area contributed by atoms with Crippen LogP contribution in [-0.2, 0) is 0 Å². The normalized spacial score (nSPS) is 25.3. The predicted molar refractivity (Wildman–Crippen MR) is 47.3 cm³/mol. The largest absolute Gasteiger partial charge is 0.237 e. The highest BCUT2D eigenvalue weighted by atomic mass is 35.5. The molecular formula is C8H4ClN3. The molecule has 0 aliphatic carbocycles. The fourth-order valence-corrected chi connectivity index (χ4v) is 1.37. The van der Waals surface area contributed by atoms with Gasteiger partial charge in [-0.3, -0.25) is 0 Å². The Kier molecular flexibility index (Phi) is 1.56. The fourth-order valence-electron chi connectivity index (χ4n) is 1.09. The Morgan fingerprint density at radius 2 is 2.42 bits per heavy atom. The molecular weight excluding hydrogens is 174 g/mol. The number of amidine groups is 1. The molecule has 2 heterocycles. The summed E-state index contributed by atoms with van der Waals surface area (Å²) in [7, 11) is 0. The second-order valence-electron chi connectivity index (χ2n) is 2.41. The van der Waals surface area contributed by atoms with Gasteiger partial charge in [0.25, 0.3) is 0 Å². The van der Waals surface area contributed by atoms with Crippen molar-refractivity contribution in [2.45, 2.75) is 5.38 Å². The SMILES string of the molecule is N#CC1=CN=C2N=CC=C2[C@@H]1Cl. The average Bonchev–Trinajstić information content (AvgIpc) is 2.53. The second-order valence-corrected chi connectivity index (χ2v) is 2.85. The standard InChI is InChI=1S/C8H4ClN3/c9-7-5(3-10)4-12-8-6(7)1-2-11-8/h1-2,4,7H/t7-/m1/s1. The Hall–Kier alpha value is -1.40. The number of nitrogens with zero attached hydrogens (tertiary/aromatic N) is 3. The maximum Gasteiger partial charge on any atom is 0.156 e. The molecule has 2 aliphatic heterocycles.